The van der Waals surface area contributed by atoms with Crippen molar-refractivity contribution in [1.82, 2.24) is 14.9 Å². The number of benzene rings is 2. The summed E-state index contributed by atoms with van der Waals surface area (Å²) in [6.07, 6.45) is 1.22. The van der Waals surface area contributed by atoms with Crippen LogP contribution in [0.15, 0.2) is 36.4 Å². The van der Waals surface area contributed by atoms with Crippen LogP contribution < -0.4 is 0 Å². The second-order valence-corrected chi connectivity index (χ2v) is 6.75. The van der Waals surface area contributed by atoms with Crippen LogP contribution in [0.5, 0.6) is 0 Å². The first-order chi connectivity index (χ1) is 13.0. The summed E-state index contributed by atoms with van der Waals surface area (Å²) in [7, 11) is 1.71. The Hall–Kier alpha value is -3.19. The minimum atomic E-state index is -0.601. The topological polar surface area (TPSA) is 76.6 Å². The van der Waals surface area contributed by atoms with Crippen LogP contribution >= 0.6 is 0 Å². The average molecular weight is 367 g/mol. The second-order valence-electron chi connectivity index (χ2n) is 6.75. The highest BCUT2D eigenvalue weighted by Crippen LogP contribution is 2.35. The molecule has 0 radical (unpaired) electrons. The number of H-pyrrole nitrogens is 1. The summed E-state index contributed by atoms with van der Waals surface area (Å²) in [6.45, 7) is 0.643. The minimum Gasteiger partial charge on any atom is -0.354 e. The number of hydroxylamine groups is 2. The first kappa shape index (κ1) is 17.2. The minimum absolute atomic E-state index is 0.136. The van der Waals surface area contributed by atoms with E-state index in [1.807, 2.05) is 24.3 Å². The number of hydrogen-bond donors (Lipinski definition) is 2. The van der Waals surface area contributed by atoms with Gasteiger partial charge in [0.1, 0.15) is 5.82 Å². The molecule has 7 heteroatoms. The zero-order valence-electron chi connectivity index (χ0n) is 14.7. The van der Waals surface area contributed by atoms with Gasteiger partial charge in [-0.1, -0.05) is 24.3 Å². The summed E-state index contributed by atoms with van der Waals surface area (Å²) >= 11 is 0. The fourth-order valence-corrected chi connectivity index (χ4v) is 3.59. The lowest BCUT2D eigenvalue weighted by molar-refractivity contribution is -0.117. The molecule has 138 valence electrons. The van der Waals surface area contributed by atoms with Crippen molar-refractivity contribution < 1.29 is 19.2 Å². The molecule has 2 aromatic carbocycles. The van der Waals surface area contributed by atoms with Gasteiger partial charge in [-0.25, -0.2) is 9.45 Å². The van der Waals surface area contributed by atoms with Crippen LogP contribution in [0.3, 0.4) is 0 Å². The molecule has 0 fully saturated rings. The highest BCUT2D eigenvalue weighted by Gasteiger charge is 2.27. The molecule has 1 aliphatic rings. The average Bonchev–Trinajstić information content (AvgIpc) is 2.97. The van der Waals surface area contributed by atoms with Crippen LogP contribution in [0.2, 0.25) is 0 Å². The number of halogens is 1. The highest BCUT2D eigenvalue weighted by atomic mass is 19.1. The third kappa shape index (κ3) is 2.96. The number of aromatic nitrogens is 1. The van der Waals surface area contributed by atoms with Gasteiger partial charge in [-0.2, -0.15) is 0 Å². The summed E-state index contributed by atoms with van der Waals surface area (Å²) in [4.78, 5) is 27.9. The van der Waals surface area contributed by atoms with Gasteiger partial charge in [0.2, 0.25) is 6.41 Å². The van der Waals surface area contributed by atoms with Gasteiger partial charge in [0.05, 0.1) is 12.1 Å². The van der Waals surface area contributed by atoms with Crippen molar-refractivity contribution in [2.45, 2.75) is 13.0 Å². The largest absolute Gasteiger partial charge is 0.354 e. The van der Waals surface area contributed by atoms with Crippen LogP contribution in [-0.2, 0) is 17.8 Å². The third-order valence-corrected chi connectivity index (χ3v) is 4.86. The molecule has 0 atom stereocenters. The summed E-state index contributed by atoms with van der Waals surface area (Å²) in [6, 6.07) is 10.2. The molecule has 2 heterocycles. The number of nitrogens with one attached hydrogen (secondary N) is 1. The third-order valence-electron chi connectivity index (χ3n) is 4.86. The van der Waals surface area contributed by atoms with Gasteiger partial charge in [0, 0.05) is 30.2 Å². The maximum atomic E-state index is 14.0. The first-order valence-electron chi connectivity index (χ1n) is 8.57. The summed E-state index contributed by atoms with van der Waals surface area (Å²) < 4.78 is 14.0. The second kappa shape index (κ2) is 6.51. The van der Waals surface area contributed by atoms with E-state index in [0.717, 1.165) is 28.8 Å². The van der Waals surface area contributed by atoms with Crippen LogP contribution in [0.1, 0.15) is 21.5 Å². The molecule has 0 unspecified atom stereocenters. The van der Waals surface area contributed by atoms with Crippen LogP contribution in [0, 0.1) is 5.82 Å². The zero-order chi connectivity index (χ0) is 19.1. The predicted molar refractivity (Wildman–Crippen MR) is 97.8 cm³/mol. The Morgan fingerprint density at radius 1 is 1.30 bits per heavy atom. The summed E-state index contributed by atoms with van der Waals surface area (Å²) in [5.74, 6) is -1.14. The van der Waals surface area contributed by atoms with E-state index in [1.54, 1.807) is 11.9 Å². The van der Waals surface area contributed by atoms with Crippen molar-refractivity contribution in [3.05, 3.63) is 58.9 Å². The predicted octanol–water partition coefficient (Wildman–Crippen LogP) is 2.95. The van der Waals surface area contributed by atoms with E-state index < -0.39 is 11.7 Å². The molecule has 0 spiro atoms. The van der Waals surface area contributed by atoms with Crippen molar-refractivity contribution in [2.24, 2.45) is 0 Å². The molecule has 4 rings (SSSR count). The zero-order valence-corrected chi connectivity index (χ0v) is 14.7. The van der Waals surface area contributed by atoms with Crippen LogP contribution in [0.4, 0.5) is 4.39 Å². The Labute approximate surface area is 154 Å². The standard InChI is InChI=1S/C20H18FN3O3/c1-23(11-25)10-12-2-4-13(5-3-12)19-15-6-7-24(27)20(26)16-8-14(21)9-17(22-19)18(15)16/h2-5,8-9,11,22,27H,6-7,10H2,1H3. The van der Waals surface area contributed by atoms with E-state index in [-0.39, 0.29) is 12.1 Å². The smallest absolute Gasteiger partial charge is 0.278 e. The molecule has 1 aliphatic heterocycles. The van der Waals surface area contributed by atoms with Gasteiger partial charge >= 0.3 is 0 Å². The van der Waals surface area contributed by atoms with Crippen LogP contribution in [-0.4, -0.2) is 46.1 Å². The molecule has 0 bridgehead atoms. The van der Waals surface area contributed by atoms with E-state index in [1.165, 1.54) is 12.1 Å². The Balaban J connectivity index is 1.83. The van der Waals surface area contributed by atoms with E-state index in [4.69, 9.17) is 0 Å². The molecule has 1 aromatic heterocycles. The molecule has 6 nitrogen and oxygen atoms in total. The van der Waals surface area contributed by atoms with Crippen molar-refractivity contribution >= 4 is 23.2 Å². The molecule has 0 saturated carbocycles. The highest BCUT2D eigenvalue weighted by molar-refractivity contribution is 6.09. The number of nitrogens with zero attached hydrogens (tertiary/aromatic N) is 2. The first-order valence-corrected chi connectivity index (χ1v) is 8.57. The number of aromatic amines is 1. The van der Waals surface area contributed by atoms with Crippen molar-refractivity contribution in [2.75, 3.05) is 13.6 Å². The summed E-state index contributed by atoms with van der Waals surface area (Å²) in [5.41, 5.74) is 4.25. The maximum Gasteiger partial charge on any atom is 0.278 e. The van der Waals surface area contributed by atoms with Gasteiger partial charge < -0.3 is 9.88 Å². The van der Waals surface area contributed by atoms with E-state index in [0.29, 0.717) is 28.9 Å². The molecular weight excluding hydrogens is 349 g/mol. The van der Waals surface area contributed by atoms with Crippen molar-refractivity contribution in [3.63, 3.8) is 0 Å². The molecule has 3 aromatic rings. The lowest BCUT2D eigenvalue weighted by Gasteiger charge is -2.12. The Kier molecular flexibility index (Phi) is 4.16. The van der Waals surface area contributed by atoms with Crippen LogP contribution in [0.25, 0.3) is 22.2 Å². The SMILES string of the molecule is CN(C=O)Cc1ccc(-c2[nH]c3cc(F)cc4c3c2CCN(O)C4=O)cc1. The van der Waals surface area contributed by atoms with Gasteiger partial charge in [0.25, 0.3) is 5.91 Å². The molecule has 0 saturated heterocycles. The van der Waals surface area contributed by atoms with Gasteiger partial charge in [0.15, 0.2) is 0 Å². The van der Waals surface area contributed by atoms with Gasteiger partial charge in [-0.05, 0) is 35.2 Å². The monoisotopic (exact) mass is 367 g/mol. The van der Waals surface area contributed by atoms with Crippen molar-refractivity contribution in [1.29, 1.82) is 0 Å². The number of rotatable bonds is 4. The number of carbonyl (C=O) groups is 2. The fraction of sp³-hybridized carbons (Fsp3) is 0.200. The Morgan fingerprint density at radius 2 is 2.04 bits per heavy atom. The maximum absolute atomic E-state index is 14.0. The van der Waals surface area contributed by atoms with Crippen molar-refractivity contribution in [3.8, 4) is 11.3 Å². The van der Waals surface area contributed by atoms with E-state index in [2.05, 4.69) is 4.98 Å². The Morgan fingerprint density at radius 3 is 2.74 bits per heavy atom. The molecule has 0 aliphatic carbocycles. The van der Waals surface area contributed by atoms with E-state index >= 15 is 0 Å². The van der Waals surface area contributed by atoms with Gasteiger partial charge in [-0.3, -0.25) is 14.8 Å². The lowest BCUT2D eigenvalue weighted by atomic mass is 9.99. The van der Waals surface area contributed by atoms with Gasteiger partial charge in [-0.15, -0.1) is 0 Å². The number of amides is 2. The number of hydrogen-bond acceptors (Lipinski definition) is 3. The molecule has 2 N–H and O–H groups in total. The molecule has 27 heavy (non-hydrogen) atoms. The number of carbonyl (C=O) groups excluding carboxylic acids is 2. The Bertz CT molecular complexity index is 1040. The normalized spacial score (nSPS) is 13.7. The fourth-order valence-electron chi connectivity index (χ4n) is 3.59. The molecule has 2 amide bonds. The molecular formula is C20H18FN3O3. The van der Waals surface area contributed by atoms with E-state index in [9.17, 15) is 19.2 Å². The summed E-state index contributed by atoms with van der Waals surface area (Å²) in [5, 5.41) is 11.2. The lowest BCUT2D eigenvalue weighted by Crippen LogP contribution is -2.28. The quantitative estimate of drug-likeness (QED) is 0.550.